The minimum Gasteiger partial charge on any atom is -0.462 e. The van der Waals surface area contributed by atoms with E-state index < -0.39 is 17.8 Å². The third-order valence-corrected chi connectivity index (χ3v) is 4.85. The number of carbonyl (C=O) groups is 1. The summed E-state index contributed by atoms with van der Waals surface area (Å²) in [5.41, 5.74) is 0.874. The highest BCUT2D eigenvalue weighted by molar-refractivity contribution is 5.90. The first kappa shape index (κ1) is 19.6. The van der Waals surface area contributed by atoms with Crippen LogP contribution in [0.3, 0.4) is 0 Å². The Bertz CT molecular complexity index is 608. The Morgan fingerprint density at radius 3 is 2.52 bits per heavy atom. The van der Waals surface area contributed by atoms with Gasteiger partial charge in [-0.1, -0.05) is 37.0 Å². The minimum atomic E-state index is -0.990. The van der Waals surface area contributed by atoms with Gasteiger partial charge < -0.3 is 20.1 Å². The summed E-state index contributed by atoms with van der Waals surface area (Å²) in [6, 6.07) is 0. The molecular weight excluding hydrogens is 320 g/mol. The predicted molar refractivity (Wildman–Crippen MR) is 95.6 cm³/mol. The average Bonchev–Trinajstić information content (AvgIpc) is 2.54. The van der Waals surface area contributed by atoms with Gasteiger partial charge in [-0.15, -0.1) is 0 Å². The summed E-state index contributed by atoms with van der Waals surface area (Å²) in [6.45, 7) is 11.5. The molecule has 1 saturated heterocycles. The largest absolute Gasteiger partial charge is 0.462 e. The molecule has 0 spiro atoms. The zero-order valence-electron chi connectivity index (χ0n) is 14.9. The number of allylic oxidation sites excluding steroid dienone is 2. The van der Waals surface area contributed by atoms with Gasteiger partial charge in [-0.3, -0.25) is 0 Å². The Morgan fingerprint density at radius 1 is 1.20 bits per heavy atom. The van der Waals surface area contributed by atoms with Gasteiger partial charge in [0.15, 0.2) is 0 Å². The molecule has 0 aromatic heterocycles. The van der Waals surface area contributed by atoms with Gasteiger partial charge in [-0.2, -0.15) is 0 Å². The Balaban J connectivity index is 2.33. The van der Waals surface area contributed by atoms with Crippen molar-refractivity contribution >= 4 is 5.97 Å². The Labute approximate surface area is 149 Å². The maximum absolute atomic E-state index is 12.3. The molecule has 3 N–H and O–H groups in total. The van der Waals surface area contributed by atoms with E-state index in [0.29, 0.717) is 24.0 Å². The van der Waals surface area contributed by atoms with Gasteiger partial charge in [0.2, 0.25) is 0 Å². The fraction of sp³-hybridized carbons (Fsp3) is 0.550. The molecule has 1 heterocycles. The third-order valence-electron chi connectivity index (χ3n) is 4.85. The number of ether oxygens (including phenoxy) is 1. The fourth-order valence-electron chi connectivity index (χ4n) is 3.36. The van der Waals surface area contributed by atoms with Gasteiger partial charge in [0.1, 0.15) is 6.10 Å². The lowest BCUT2D eigenvalue weighted by molar-refractivity contribution is -0.144. The van der Waals surface area contributed by atoms with Crippen molar-refractivity contribution in [2.45, 2.75) is 50.9 Å². The van der Waals surface area contributed by atoms with Crippen molar-refractivity contribution in [1.29, 1.82) is 0 Å². The molecule has 0 aromatic carbocycles. The van der Waals surface area contributed by atoms with Crippen LogP contribution in [0.25, 0.3) is 0 Å². The molecule has 138 valence electrons. The monoisotopic (exact) mass is 348 g/mol. The highest BCUT2D eigenvalue weighted by Gasteiger charge is 2.38. The van der Waals surface area contributed by atoms with Crippen LogP contribution in [0.2, 0.25) is 0 Å². The molecule has 0 aromatic rings. The minimum absolute atomic E-state index is 0.104. The zero-order chi connectivity index (χ0) is 18.8. The third kappa shape index (κ3) is 4.91. The van der Waals surface area contributed by atoms with Crippen LogP contribution in [-0.4, -0.2) is 45.7 Å². The first-order valence-corrected chi connectivity index (χ1v) is 8.60. The Hall–Kier alpha value is -1.69. The summed E-state index contributed by atoms with van der Waals surface area (Å²) in [5, 5.41) is 30.1. The molecule has 4 atom stereocenters. The number of aliphatic hydroxyl groups excluding tert-OH is 2. The van der Waals surface area contributed by atoms with E-state index in [-0.39, 0.29) is 30.8 Å². The summed E-state index contributed by atoms with van der Waals surface area (Å²) in [6.07, 6.45) is 4.37. The lowest BCUT2D eigenvalue weighted by Gasteiger charge is -2.34. The van der Waals surface area contributed by atoms with Gasteiger partial charge in [0.25, 0.3) is 0 Å². The summed E-state index contributed by atoms with van der Waals surface area (Å²) < 4.78 is 5.31. The smallest absolute Gasteiger partial charge is 0.334 e. The number of hydrogen-bond acceptors (Lipinski definition) is 5. The van der Waals surface area contributed by atoms with Crippen LogP contribution in [0.4, 0.5) is 0 Å². The lowest BCUT2D eigenvalue weighted by atomic mass is 9.76. The highest BCUT2D eigenvalue weighted by Crippen LogP contribution is 2.39. The van der Waals surface area contributed by atoms with Crippen LogP contribution in [0.15, 0.2) is 48.1 Å². The van der Waals surface area contributed by atoms with E-state index in [4.69, 9.17) is 4.74 Å². The molecule has 1 aliphatic carbocycles. The second-order valence-corrected chi connectivity index (χ2v) is 7.52. The average molecular weight is 348 g/mol. The summed E-state index contributed by atoms with van der Waals surface area (Å²) >= 11 is 0. The van der Waals surface area contributed by atoms with Crippen LogP contribution in [0.1, 0.15) is 33.1 Å². The van der Waals surface area contributed by atoms with E-state index in [1.54, 1.807) is 32.1 Å². The molecule has 1 aliphatic heterocycles. The van der Waals surface area contributed by atoms with Crippen molar-refractivity contribution < 1.29 is 24.9 Å². The van der Waals surface area contributed by atoms with Crippen molar-refractivity contribution in [2.24, 2.45) is 11.8 Å². The van der Waals surface area contributed by atoms with Gasteiger partial charge in [0.05, 0.1) is 18.3 Å². The number of esters is 1. The maximum Gasteiger partial charge on any atom is 0.334 e. The zero-order valence-corrected chi connectivity index (χ0v) is 14.9. The van der Waals surface area contributed by atoms with Crippen LogP contribution >= 0.6 is 0 Å². The fourth-order valence-corrected chi connectivity index (χ4v) is 3.36. The van der Waals surface area contributed by atoms with E-state index in [1.165, 1.54) is 0 Å². The van der Waals surface area contributed by atoms with Crippen molar-refractivity contribution in [2.75, 3.05) is 6.61 Å². The van der Waals surface area contributed by atoms with E-state index >= 15 is 0 Å². The number of aliphatic hydroxyl groups is 3. The van der Waals surface area contributed by atoms with E-state index in [0.717, 1.165) is 5.57 Å². The number of hydrogen-bond donors (Lipinski definition) is 3. The van der Waals surface area contributed by atoms with E-state index in [9.17, 15) is 20.1 Å². The van der Waals surface area contributed by atoms with Crippen LogP contribution in [0.5, 0.6) is 0 Å². The quantitative estimate of drug-likeness (QED) is 0.404. The maximum atomic E-state index is 12.3. The first-order chi connectivity index (χ1) is 11.6. The Kier molecular flexibility index (Phi) is 6.03. The molecule has 2 aliphatic rings. The van der Waals surface area contributed by atoms with Crippen LogP contribution < -0.4 is 0 Å². The SMILES string of the molecule is C=C1CCC2C(=CC=CC(C)(C)O)C(=O)OCC2C(=C)CC(O)C1O. The molecule has 2 fully saturated rings. The molecular formula is C20H28O5. The molecule has 0 amide bonds. The summed E-state index contributed by atoms with van der Waals surface area (Å²) in [7, 11) is 0. The van der Waals surface area contributed by atoms with Gasteiger partial charge in [-0.05, 0) is 38.7 Å². The number of fused-ring (bicyclic) bond motifs is 1. The normalized spacial score (nSPS) is 33.6. The molecule has 0 bridgehead atoms. The first-order valence-electron chi connectivity index (χ1n) is 8.60. The van der Waals surface area contributed by atoms with Crippen LogP contribution in [-0.2, 0) is 9.53 Å². The molecule has 4 unspecified atom stereocenters. The van der Waals surface area contributed by atoms with Crippen LogP contribution in [0, 0.1) is 11.8 Å². The molecule has 25 heavy (non-hydrogen) atoms. The Morgan fingerprint density at radius 2 is 1.88 bits per heavy atom. The molecule has 1 saturated carbocycles. The van der Waals surface area contributed by atoms with Crippen molar-refractivity contribution in [3.05, 3.63) is 48.1 Å². The number of rotatable bonds is 2. The topological polar surface area (TPSA) is 87.0 Å². The predicted octanol–water partition coefficient (Wildman–Crippen LogP) is 2.05. The van der Waals surface area contributed by atoms with Crippen molar-refractivity contribution in [1.82, 2.24) is 0 Å². The second-order valence-electron chi connectivity index (χ2n) is 7.52. The van der Waals surface area contributed by atoms with Gasteiger partial charge >= 0.3 is 5.97 Å². The van der Waals surface area contributed by atoms with Gasteiger partial charge in [-0.25, -0.2) is 4.79 Å². The number of carbonyl (C=O) groups excluding carboxylic acids is 1. The van der Waals surface area contributed by atoms with E-state index in [2.05, 4.69) is 13.2 Å². The second kappa shape index (κ2) is 7.68. The highest BCUT2D eigenvalue weighted by atomic mass is 16.5. The van der Waals surface area contributed by atoms with Crippen molar-refractivity contribution in [3.63, 3.8) is 0 Å². The molecule has 0 radical (unpaired) electrons. The van der Waals surface area contributed by atoms with Crippen molar-refractivity contribution in [3.8, 4) is 0 Å². The van der Waals surface area contributed by atoms with E-state index in [1.807, 2.05) is 0 Å². The lowest BCUT2D eigenvalue weighted by Crippen LogP contribution is -2.35. The summed E-state index contributed by atoms with van der Waals surface area (Å²) in [4.78, 5) is 12.3. The molecule has 5 nitrogen and oxygen atoms in total. The number of cyclic esters (lactones) is 1. The summed E-state index contributed by atoms with van der Waals surface area (Å²) in [5.74, 6) is -0.595. The van der Waals surface area contributed by atoms with Gasteiger partial charge in [0, 0.05) is 17.4 Å². The molecule has 2 rings (SSSR count). The molecule has 5 heteroatoms. The standard InChI is InChI=1S/C20H28O5/c1-12-7-8-14-15(6-5-9-20(3,4)24)19(23)25-11-16(14)13(2)10-17(21)18(12)22/h5-6,9,14,16-18,21-22,24H,1-2,7-8,10-11H2,3-4H3.